The number of thiophene rings is 1. The number of hydrogen-bond acceptors (Lipinski definition) is 8. The lowest BCUT2D eigenvalue weighted by Crippen LogP contribution is -2.25. The lowest BCUT2D eigenvalue weighted by molar-refractivity contribution is -0.115. The van der Waals surface area contributed by atoms with Gasteiger partial charge in [0.1, 0.15) is 10.5 Å². The van der Waals surface area contributed by atoms with E-state index < -0.39 is 5.25 Å². The fourth-order valence-electron chi connectivity index (χ4n) is 4.27. The van der Waals surface area contributed by atoms with Crippen LogP contribution in [0, 0.1) is 0 Å². The number of nitrogens with zero attached hydrogens (tertiary/aromatic N) is 3. The number of ether oxygens (including phenoxy) is 1. The number of thioether (sulfide) groups is 1. The summed E-state index contributed by atoms with van der Waals surface area (Å²) in [4.78, 5) is 35.0. The van der Waals surface area contributed by atoms with Crippen molar-refractivity contribution in [2.24, 2.45) is 0 Å². The number of carbonyl (C=O) groups excluding carboxylic acids is 2. The normalized spacial score (nSPS) is 14.2. The van der Waals surface area contributed by atoms with Crippen LogP contribution in [-0.2, 0) is 22.4 Å². The molecule has 34 heavy (non-hydrogen) atoms. The monoisotopic (exact) mass is 495 g/mol. The molecule has 2 N–H and O–H groups in total. The van der Waals surface area contributed by atoms with Gasteiger partial charge in [0.05, 0.1) is 17.4 Å². The van der Waals surface area contributed by atoms with E-state index in [-0.39, 0.29) is 11.9 Å². The van der Waals surface area contributed by atoms with Gasteiger partial charge in [0.2, 0.25) is 11.1 Å². The molecule has 3 aromatic heterocycles. The van der Waals surface area contributed by atoms with Crippen molar-refractivity contribution in [3.63, 3.8) is 0 Å². The Bertz CT molecular complexity index is 1380. The van der Waals surface area contributed by atoms with E-state index in [1.165, 1.54) is 28.0 Å². The third-order valence-corrected chi connectivity index (χ3v) is 8.32. The molecule has 1 aliphatic rings. The van der Waals surface area contributed by atoms with Crippen LogP contribution < -0.4 is 5.32 Å². The predicted molar refractivity (Wildman–Crippen MR) is 135 cm³/mol. The predicted octanol–water partition coefficient (Wildman–Crippen LogP) is 5.13. The van der Waals surface area contributed by atoms with E-state index in [0.29, 0.717) is 39.9 Å². The Morgan fingerprint density at radius 1 is 1.21 bits per heavy atom. The molecule has 1 atom stereocenters. The van der Waals surface area contributed by atoms with Gasteiger partial charge in [0.25, 0.3) is 0 Å². The number of carbonyl (C=O) groups is 2. The summed E-state index contributed by atoms with van der Waals surface area (Å²) >= 11 is 2.76. The minimum atomic E-state index is -0.433. The smallest absolute Gasteiger partial charge is 0.341 e. The minimum Gasteiger partial charge on any atom is -0.462 e. The summed E-state index contributed by atoms with van der Waals surface area (Å²) in [6.45, 7) is 4.03. The Kier molecular flexibility index (Phi) is 6.51. The molecule has 10 heteroatoms. The van der Waals surface area contributed by atoms with Gasteiger partial charge in [-0.3, -0.25) is 4.79 Å². The van der Waals surface area contributed by atoms with Crippen molar-refractivity contribution in [3.05, 3.63) is 40.3 Å². The molecular weight excluding hydrogens is 470 g/mol. The first-order chi connectivity index (χ1) is 16.6. The van der Waals surface area contributed by atoms with Gasteiger partial charge in [0.15, 0.2) is 5.65 Å². The molecule has 1 aromatic carbocycles. The highest BCUT2D eigenvalue weighted by atomic mass is 32.2. The number of anilines is 1. The number of hydrogen-bond donors (Lipinski definition) is 2. The lowest BCUT2D eigenvalue weighted by Gasteiger charge is -2.14. The second kappa shape index (κ2) is 9.71. The number of H-pyrrole nitrogens is 1. The van der Waals surface area contributed by atoms with Crippen LogP contribution in [0.1, 0.15) is 53.9 Å². The van der Waals surface area contributed by atoms with Crippen molar-refractivity contribution >= 4 is 62.0 Å². The highest BCUT2D eigenvalue weighted by molar-refractivity contribution is 8.00. The molecule has 0 saturated heterocycles. The number of aromatic amines is 1. The third-order valence-electron chi connectivity index (χ3n) is 5.90. The Morgan fingerprint density at radius 3 is 2.85 bits per heavy atom. The summed E-state index contributed by atoms with van der Waals surface area (Å²) in [6, 6.07) is 7.84. The average Bonchev–Trinajstić information content (AvgIpc) is 3.39. The second-order valence-corrected chi connectivity index (χ2v) is 10.4. The molecular formula is C24H25N5O3S2. The van der Waals surface area contributed by atoms with Gasteiger partial charge in [-0.1, -0.05) is 36.9 Å². The van der Waals surface area contributed by atoms with Gasteiger partial charge in [-0.05, 0) is 50.7 Å². The molecule has 4 aromatic rings. The SMILES string of the molecule is CCOC(=O)c1c(NC(=O)[C@H](CC)Sc2nnc3c(n2)[nH]c2ccccc23)sc2c1CCCC2. The zero-order chi connectivity index (χ0) is 23.7. The van der Waals surface area contributed by atoms with E-state index in [1.54, 1.807) is 6.92 Å². The molecule has 0 saturated carbocycles. The number of esters is 1. The number of amides is 1. The molecule has 176 valence electrons. The summed E-state index contributed by atoms with van der Waals surface area (Å²) in [5.41, 5.74) is 3.85. The van der Waals surface area contributed by atoms with Gasteiger partial charge in [-0.25, -0.2) is 9.78 Å². The lowest BCUT2D eigenvalue weighted by atomic mass is 9.95. The van der Waals surface area contributed by atoms with E-state index in [2.05, 4.69) is 25.5 Å². The fraction of sp³-hybridized carbons (Fsp3) is 0.375. The van der Waals surface area contributed by atoms with Crippen molar-refractivity contribution in [3.8, 4) is 0 Å². The quantitative estimate of drug-likeness (QED) is 0.270. The molecule has 0 aliphatic heterocycles. The number of benzene rings is 1. The average molecular weight is 496 g/mol. The molecule has 8 nitrogen and oxygen atoms in total. The van der Waals surface area contributed by atoms with Crippen molar-refractivity contribution in [2.75, 3.05) is 11.9 Å². The highest BCUT2D eigenvalue weighted by Crippen LogP contribution is 2.39. The molecule has 0 spiro atoms. The Hall–Kier alpha value is -2.98. The van der Waals surface area contributed by atoms with Crippen LogP contribution in [-0.4, -0.2) is 43.9 Å². The minimum absolute atomic E-state index is 0.183. The number of fused-ring (bicyclic) bond motifs is 4. The summed E-state index contributed by atoms with van der Waals surface area (Å²) < 4.78 is 5.30. The number of rotatable bonds is 7. The molecule has 0 bridgehead atoms. The topological polar surface area (TPSA) is 110 Å². The number of para-hydroxylation sites is 1. The van der Waals surface area contributed by atoms with Crippen molar-refractivity contribution in [2.45, 2.75) is 56.4 Å². The summed E-state index contributed by atoms with van der Waals surface area (Å²) in [5, 5.41) is 13.2. The van der Waals surface area contributed by atoms with Crippen molar-refractivity contribution in [1.29, 1.82) is 0 Å². The Labute approximate surface area is 204 Å². The standard InChI is InChI=1S/C24H25N5O3S2/c1-3-16(34-24-26-20-19(28-29-24)13-9-5-7-11-15(13)25-20)21(30)27-22-18(23(31)32-4-2)14-10-6-8-12-17(14)33-22/h5,7,9,11,16H,3-4,6,8,10,12H2,1-2H3,(H,27,30)(H,25,26,29)/t16-/m0/s1. The van der Waals surface area contributed by atoms with Crippen LogP contribution in [0.3, 0.4) is 0 Å². The van der Waals surface area contributed by atoms with Gasteiger partial charge in [0, 0.05) is 15.8 Å². The van der Waals surface area contributed by atoms with E-state index in [9.17, 15) is 9.59 Å². The summed E-state index contributed by atoms with van der Waals surface area (Å²) in [5.74, 6) is -0.549. The zero-order valence-electron chi connectivity index (χ0n) is 19.0. The van der Waals surface area contributed by atoms with Gasteiger partial charge in [-0.2, -0.15) is 0 Å². The highest BCUT2D eigenvalue weighted by Gasteiger charge is 2.29. The molecule has 1 aliphatic carbocycles. The molecule has 5 rings (SSSR count). The van der Waals surface area contributed by atoms with Gasteiger partial charge < -0.3 is 15.0 Å². The largest absolute Gasteiger partial charge is 0.462 e. The van der Waals surface area contributed by atoms with Crippen LogP contribution >= 0.6 is 23.1 Å². The maximum atomic E-state index is 13.2. The van der Waals surface area contributed by atoms with Crippen LogP contribution in [0.2, 0.25) is 0 Å². The zero-order valence-corrected chi connectivity index (χ0v) is 20.6. The van der Waals surface area contributed by atoms with Crippen molar-refractivity contribution < 1.29 is 14.3 Å². The molecule has 0 unspecified atom stereocenters. The summed E-state index contributed by atoms with van der Waals surface area (Å²) in [6.07, 6.45) is 4.48. The number of nitrogens with one attached hydrogen (secondary N) is 2. The van der Waals surface area contributed by atoms with Gasteiger partial charge >= 0.3 is 5.97 Å². The van der Waals surface area contributed by atoms with E-state index in [0.717, 1.165) is 42.1 Å². The second-order valence-electron chi connectivity index (χ2n) is 8.10. The molecule has 0 radical (unpaired) electrons. The maximum Gasteiger partial charge on any atom is 0.341 e. The molecule has 3 heterocycles. The maximum absolute atomic E-state index is 13.2. The van der Waals surface area contributed by atoms with Gasteiger partial charge in [-0.15, -0.1) is 21.5 Å². The fourth-order valence-corrected chi connectivity index (χ4v) is 6.37. The number of aromatic nitrogens is 4. The number of aryl methyl sites for hydroxylation is 1. The van der Waals surface area contributed by atoms with E-state index in [1.807, 2.05) is 31.2 Å². The first-order valence-electron chi connectivity index (χ1n) is 11.5. The third kappa shape index (κ3) is 4.27. The first kappa shape index (κ1) is 22.8. The molecule has 1 amide bonds. The Balaban J connectivity index is 1.38. The first-order valence-corrected chi connectivity index (χ1v) is 13.2. The summed E-state index contributed by atoms with van der Waals surface area (Å²) in [7, 11) is 0. The van der Waals surface area contributed by atoms with Crippen molar-refractivity contribution in [1.82, 2.24) is 20.2 Å². The van der Waals surface area contributed by atoms with E-state index in [4.69, 9.17) is 4.74 Å². The van der Waals surface area contributed by atoms with Crippen LogP contribution in [0.15, 0.2) is 29.4 Å². The van der Waals surface area contributed by atoms with E-state index >= 15 is 0 Å². The van der Waals surface area contributed by atoms with Crippen LogP contribution in [0.4, 0.5) is 5.00 Å². The van der Waals surface area contributed by atoms with Crippen LogP contribution in [0.5, 0.6) is 0 Å². The molecule has 0 fully saturated rings. The Morgan fingerprint density at radius 2 is 2.03 bits per heavy atom. The van der Waals surface area contributed by atoms with Crippen LogP contribution in [0.25, 0.3) is 22.1 Å².